The molecule has 96 valence electrons. The van der Waals surface area contributed by atoms with Crippen molar-refractivity contribution in [2.45, 2.75) is 52.9 Å². The summed E-state index contributed by atoms with van der Waals surface area (Å²) in [4.78, 5) is 14.4. The van der Waals surface area contributed by atoms with Crippen LogP contribution in [0.4, 0.5) is 0 Å². The number of amides is 1. The van der Waals surface area contributed by atoms with Gasteiger partial charge in [-0.05, 0) is 26.7 Å². The van der Waals surface area contributed by atoms with Crippen molar-refractivity contribution in [3.8, 4) is 6.07 Å². The molecular formula is C14H24N2O. The largest absolute Gasteiger partial charge is 0.341 e. The first kappa shape index (κ1) is 14.0. The van der Waals surface area contributed by atoms with Gasteiger partial charge in [-0.15, -0.1) is 0 Å². The molecule has 0 heterocycles. The van der Waals surface area contributed by atoms with Gasteiger partial charge in [0, 0.05) is 18.5 Å². The zero-order valence-corrected chi connectivity index (χ0v) is 11.3. The normalized spacial score (nSPS) is 20.4. The smallest absolute Gasteiger partial charge is 0.228 e. The van der Waals surface area contributed by atoms with Gasteiger partial charge in [0.2, 0.25) is 5.91 Å². The Morgan fingerprint density at radius 1 is 1.41 bits per heavy atom. The van der Waals surface area contributed by atoms with Crippen LogP contribution in [0.15, 0.2) is 0 Å². The highest BCUT2D eigenvalue weighted by Gasteiger charge is 2.37. The third-order valence-electron chi connectivity index (χ3n) is 3.86. The lowest BCUT2D eigenvalue weighted by Crippen LogP contribution is -2.45. The van der Waals surface area contributed by atoms with E-state index in [4.69, 9.17) is 5.26 Å². The molecule has 0 spiro atoms. The van der Waals surface area contributed by atoms with E-state index in [9.17, 15) is 4.79 Å². The number of carbonyl (C=O) groups excluding carboxylic acids is 1. The van der Waals surface area contributed by atoms with Crippen LogP contribution in [-0.4, -0.2) is 23.9 Å². The van der Waals surface area contributed by atoms with E-state index in [1.165, 1.54) is 6.42 Å². The molecule has 3 heteroatoms. The predicted octanol–water partition coefficient (Wildman–Crippen LogP) is 2.96. The maximum Gasteiger partial charge on any atom is 0.228 e. The molecule has 0 aromatic heterocycles. The Balaban J connectivity index is 2.68. The standard InChI is InChI=1S/C14H24N2O/c1-4-16(11-12(2)10-15)13(17)14(3)8-6-5-7-9-14/h12H,4-9,11H2,1-3H3. The molecule has 1 fully saturated rings. The zero-order valence-electron chi connectivity index (χ0n) is 11.3. The molecule has 17 heavy (non-hydrogen) atoms. The van der Waals surface area contributed by atoms with Gasteiger partial charge >= 0.3 is 0 Å². The minimum atomic E-state index is -0.177. The molecule has 0 aromatic rings. The molecule has 1 atom stereocenters. The van der Waals surface area contributed by atoms with Crippen LogP contribution < -0.4 is 0 Å². The molecule has 3 nitrogen and oxygen atoms in total. The fourth-order valence-electron chi connectivity index (χ4n) is 2.65. The molecule has 0 bridgehead atoms. The number of nitriles is 1. The molecular weight excluding hydrogens is 212 g/mol. The van der Waals surface area contributed by atoms with Gasteiger partial charge < -0.3 is 4.90 Å². The zero-order chi connectivity index (χ0) is 12.9. The molecule has 0 radical (unpaired) electrons. The van der Waals surface area contributed by atoms with Crippen LogP contribution in [0.1, 0.15) is 52.9 Å². The van der Waals surface area contributed by atoms with E-state index in [0.717, 1.165) is 25.7 Å². The number of hydrogen-bond donors (Lipinski definition) is 0. The van der Waals surface area contributed by atoms with Gasteiger partial charge in [0.15, 0.2) is 0 Å². The van der Waals surface area contributed by atoms with E-state index in [0.29, 0.717) is 13.1 Å². The second kappa shape index (κ2) is 6.05. The van der Waals surface area contributed by atoms with Crippen molar-refractivity contribution >= 4 is 5.91 Å². The maximum absolute atomic E-state index is 12.5. The Kier molecular flexibility index (Phi) is 4.99. The Hall–Kier alpha value is -1.04. The predicted molar refractivity (Wildman–Crippen MR) is 68.2 cm³/mol. The summed E-state index contributed by atoms with van der Waals surface area (Å²) in [5.74, 6) is 0.174. The summed E-state index contributed by atoms with van der Waals surface area (Å²) >= 11 is 0. The third-order valence-corrected chi connectivity index (χ3v) is 3.86. The summed E-state index contributed by atoms with van der Waals surface area (Å²) in [7, 11) is 0. The van der Waals surface area contributed by atoms with Gasteiger partial charge in [-0.1, -0.05) is 26.2 Å². The Labute approximate surface area is 105 Å². The summed E-state index contributed by atoms with van der Waals surface area (Å²) < 4.78 is 0. The lowest BCUT2D eigenvalue weighted by atomic mass is 9.74. The molecule has 1 aliphatic rings. The fraction of sp³-hybridized carbons (Fsp3) is 0.857. The van der Waals surface area contributed by atoms with E-state index in [2.05, 4.69) is 13.0 Å². The Bertz CT molecular complexity index is 300. The molecule has 1 amide bonds. The minimum Gasteiger partial charge on any atom is -0.341 e. The van der Waals surface area contributed by atoms with Gasteiger partial charge in [-0.25, -0.2) is 0 Å². The number of hydrogen-bond acceptors (Lipinski definition) is 2. The molecule has 0 saturated heterocycles. The summed E-state index contributed by atoms with van der Waals surface area (Å²) in [6.07, 6.45) is 5.58. The maximum atomic E-state index is 12.5. The summed E-state index contributed by atoms with van der Waals surface area (Å²) in [5, 5.41) is 8.85. The van der Waals surface area contributed by atoms with E-state index in [-0.39, 0.29) is 17.2 Å². The first-order valence-corrected chi connectivity index (χ1v) is 6.72. The topological polar surface area (TPSA) is 44.1 Å². The lowest BCUT2D eigenvalue weighted by molar-refractivity contribution is -0.143. The van der Waals surface area contributed by atoms with Crippen LogP contribution in [0.25, 0.3) is 0 Å². The van der Waals surface area contributed by atoms with Gasteiger partial charge in [-0.2, -0.15) is 5.26 Å². The average molecular weight is 236 g/mol. The SMILES string of the molecule is CCN(CC(C)C#N)C(=O)C1(C)CCCCC1. The second-order valence-corrected chi connectivity index (χ2v) is 5.50. The summed E-state index contributed by atoms with van der Waals surface area (Å²) in [5.41, 5.74) is -0.177. The Morgan fingerprint density at radius 3 is 2.47 bits per heavy atom. The highest BCUT2D eigenvalue weighted by Crippen LogP contribution is 2.37. The van der Waals surface area contributed by atoms with Crippen LogP contribution in [0.5, 0.6) is 0 Å². The summed E-state index contributed by atoms with van der Waals surface area (Å²) in [6, 6.07) is 2.21. The van der Waals surface area contributed by atoms with E-state index >= 15 is 0 Å². The highest BCUT2D eigenvalue weighted by atomic mass is 16.2. The minimum absolute atomic E-state index is 0.0777. The van der Waals surface area contributed by atoms with E-state index < -0.39 is 0 Å². The quantitative estimate of drug-likeness (QED) is 0.753. The van der Waals surface area contributed by atoms with Crippen LogP contribution >= 0.6 is 0 Å². The average Bonchev–Trinajstić information content (AvgIpc) is 2.35. The molecule has 0 aromatic carbocycles. The van der Waals surface area contributed by atoms with E-state index in [1.54, 1.807) is 0 Å². The number of carbonyl (C=O) groups is 1. The molecule has 0 N–H and O–H groups in total. The van der Waals surface area contributed by atoms with Crippen molar-refractivity contribution in [2.75, 3.05) is 13.1 Å². The van der Waals surface area contributed by atoms with Crippen molar-refractivity contribution in [3.05, 3.63) is 0 Å². The van der Waals surface area contributed by atoms with Gasteiger partial charge in [0.25, 0.3) is 0 Å². The first-order valence-electron chi connectivity index (χ1n) is 6.72. The summed E-state index contributed by atoms with van der Waals surface area (Å²) in [6.45, 7) is 7.24. The number of rotatable bonds is 4. The highest BCUT2D eigenvalue weighted by molar-refractivity contribution is 5.82. The van der Waals surface area contributed by atoms with Crippen molar-refractivity contribution in [3.63, 3.8) is 0 Å². The molecule has 0 aliphatic heterocycles. The fourth-order valence-corrected chi connectivity index (χ4v) is 2.65. The van der Waals surface area contributed by atoms with Gasteiger partial charge in [0.1, 0.15) is 0 Å². The van der Waals surface area contributed by atoms with Crippen LogP contribution in [0, 0.1) is 22.7 Å². The van der Waals surface area contributed by atoms with Crippen molar-refractivity contribution < 1.29 is 4.79 Å². The monoisotopic (exact) mass is 236 g/mol. The number of nitrogens with zero attached hydrogens (tertiary/aromatic N) is 2. The van der Waals surface area contributed by atoms with Crippen LogP contribution in [0.2, 0.25) is 0 Å². The van der Waals surface area contributed by atoms with Gasteiger partial charge in [0.05, 0.1) is 12.0 Å². The van der Waals surface area contributed by atoms with Crippen LogP contribution in [-0.2, 0) is 4.79 Å². The first-order chi connectivity index (χ1) is 8.03. The second-order valence-electron chi connectivity index (χ2n) is 5.50. The van der Waals surface area contributed by atoms with E-state index in [1.807, 2.05) is 18.7 Å². The van der Waals surface area contributed by atoms with Crippen molar-refractivity contribution in [2.24, 2.45) is 11.3 Å². The molecule has 1 rings (SSSR count). The molecule has 1 aliphatic carbocycles. The van der Waals surface area contributed by atoms with Crippen molar-refractivity contribution in [1.82, 2.24) is 4.90 Å². The Morgan fingerprint density at radius 2 is 2.00 bits per heavy atom. The molecule has 1 unspecified atom stereocenters. The van der Waals surface area contributed by atoms with Gasteiger partial charge in [-0.3, -0.25) is 4.79 Å². The molecule has 1 saturated carbocycles. The van der Waals surface area contributed by atoms with Crippen molar-refractivity contribution in [1.29, 1.82) is 5.26 Å². The lowest BCUT2D eigenvalue weighted by Gasteiger charge is -2.37. The van der Waals surface area contributed by atoms with Crippen LogP contribution in [0.3, 0.4) is 0 Å². The third kappa shape index (κ3) is 3.46.